The number of hydrogen-bond donors (Lipinski definition) is 1. The smallest absolute Gasteiger partial charge is 0.269 e. The Hall–Kier alpha value is -3.76. The van der Waals surface area contributed by atoms with E-state index in [-0.39, 0.29) is 11.4 Å². The van der Waals surface area contributed by atoms with E-state index >= 15 is 0 Å². The van der Waals surface area contributed by atoms with Crippen LogP contribution in [0, 0.1) is 0 Å². The maximum Gasteiger partial charge on any atom is 0.269 e. The first-order valence-electron chi connectivity index (χ1n) is 10.1. The molecule has 1 aliphatic rings. The molecule has 3 aromatic carbocycles. The molecule has 4 aromatic rings. The van der Waals surface area contributed by atoms with Crippen molar-refractivity contribution >= 4 is 38.1 Å². The highest BCUT2D eigenvalue weighted by molar-refractivity contribution is 7.92. The second-order valence-corrected chi connectivity index (χ2v) is 10.0. The number of ether oxygens (including phenoxy) is 1. The number of sulfonamides is 1. The summed E-state index contributed by atoms with van der Waals surface area (Å²) in [6.45, 7) is -0.176. The van der Waals surface area contributed by atoms with E-state index in [0.29, 0.717) is 21.6 Å². The molecule has 1 amide bonds. The monoisotopic (exact) mass is 478 g/mol. The third-order valence-electron chi connectivity index (χ3n) is 5.03. The van der Waals surface area contributed by atoms with Gasteiger partial charge >= 0.3 is 0 Å². The number of carbonyl (C=O) groups is 1. The van der Waals surface area contributed by atoms with Crippen LogP contribution < -0.4 is 14.4 Å². The number of para-hydroxylation sites is 2. The van der Waals surface area contributed by atoms with Crippen molar-refractivity contribution in [1.82, 2.24) is 10.2 Å². The molecular formula is C23H18N4O4S2. The van der Waals surface area contributed by atoms with E-state index < -0.39 is 22.0 Å². The molecular weight excluding hydrogens is 460 g/mol. The van der Waals surface area contributed by atoms with Crippen molar-refractivity contribution in [3.63, 3.8) is 0 Å². The maximum absolute atomic E-state index is 13.4. The SMILES string of the molecule is O=C(Nc1nnc(-c2ccccc2)s1)[C@@H]1CN(S(=O)(=O)c2ccccc2)c2ccccc2O1. The van der Waals surface area contributed by atoms with Crippen LogP contribution in [0.5, 0.6) is 5.75 Å². The third kappa shape index (κ3) is 4.18. The summed E-state index contributed by atoms with van der Waals surface area (Å²) in [5.41, 5.74) is 1.27. The highest BCUT2D eigenvalue weighted by atomic mass is 32.2. The van der Waals surface area contributed by atoms with Gasteiger partial charge < -0.3 is 4.74 Å². The van der Waals surface area contributed by atoms with Gasteiger partial charge in [-0.1, -0.05) is 72.0 Å². The Kier molecular flexibility index (Phi) is 5.53. The quantitative estimate of drug-likeness (QED) is 0.468. The lowest BCUT2D eigenvalue weighted by molar-refractivity contribution is -0.122. The molecule has 0 saturated carbocycles. The second-order valence-electron chi connectivity index (χ2n) is 7.19. The lowest BCUT2D eigenvalue weighted by Gasteiger charge is -2.34. The van der Waals surface area contributed by atoms with Crippen molar-refractivity contribution in [2.45, 2.75) is 11.0 Å². The van der Waals surface area contributed by atoms with Gasteiger partial charge in [0.05, 0.1) is 17.1 Å². The Bertz CT molecular complexity index is 1390. The zero-order valence-electron chi connectivity index (χ0n) is 17.2. The van der Waals surface area contributed by atoms with Crippen LogP contribution in [-0.2, 0) is 14.8 Å². The van der Waals surface area contributed by atoms with Gasteiger partial charge in [0, 0.05) is 5.56 Å². The van der Waals surface area contributed by atoms with Crippen LogP contribution in [0.1, 0.15) is 0 Å². The molecule has 0 fully saturated rings. The zero-order chi connectivity index (χ0) is 22.8. The fraction of sp³-hybridized carbons (Fsp3) is 0.0870. The Labute approximate surface area is 194 Å². The van der Waals surface area contributed by atoms with Gasteiger partial charge in [0.1, 0.15) is 10.8 Å². The Morgan fingerprint density at radius 3 is 2.36 bits per heavy atom. The highest BCUT2D eigenvalue weighted by Crippen LogP contribution is 2.37. The van der Waals surface area contributed by atoms with Gasteiger partial charge in [0.25, 0.3) is 15.9 Å². The van der Waals surface area contributed by atoms with E-state index in [0.717, 1.165) is 5.56 Å². The summed E-state index contributed by atoms with van der Waals surface area (Å²) in [6, 6.07) is 24.3. The lowest BCUT2D eigenvalue weighted by Crippen LogP contribution is -2.48. The van der Waals surface area contributed by atoms with Crippen LogP contribution in [0.3, 0.4) is 0 Å². The van der Waals surface area contributed by atoms with E-state index in [4.69, 9.17) is 4.74 Å². The van der Waals surface area contributed by atoms with Crippen molar-refractivity contribution in [3.05, 3.63) is 84.9 Å². The molecule has 2 heterocycles. The highest BCUT2D eigenvalue weighted by Gasteiger charge is 2.37. The number of rotatable bonds is 5. The normalized spacial score (nSPS) is 15.4. The lowest BCUT2D eigenvalue weighted by atomic mass is 10.2. The average Bonchev–Trinajstić information content (AvgIpc) is 3.33. The minimum absolute atomic E-state index is 0.137. The van der Waals surface area contributed by atoms with Gasteiger partial charge in [0.15, 0.2) is 6.10 Å². The number of benzene rings is 3. The first-order valence-corrected chi connectivity index (χ1v) is 12.3. The number of hydrogen-bond acceptors (Lipinski definition) is 7. The van der Waals surface area contributed by atoms with Crippen LogP contribution in [0.25, 0.3) is 10.6 Å². The third-order valence-corrected chi connectivity index (χ3v) is 7.72. The standard InChI is InChI=1S/C23H18N4O4S2/c28-21(24-23-26-25-22(32-23)16-9-3-1-4-10-16)20-15-27(18-13-7-8-14-19(18)31-20)33(29,30)17-11-5-2-6-12-17/h1-14,20H,15H2,(H,24,26,28)/t20-/m0/s1. The molecule has 5 rings (SSSR count). The summed E-state index contributed by atoms with van der Waals surface area (Å²) in [7, 11) is -3.90. The minimum Gasteiger partial charge on any atom is -0.476 e. The van der Waals surface area contributed by atoms with Crippen LogP contribution in [-0.4, -0.2) is 37.2 Å². The summed E-state index contributed by atoms with van der Waals surface area (Å²) < 4.78 is 33.8. The number of carbonyl (C=O) groups excluding carboxylic acids is 1. The van der Waals surface area contributed by atoms with Crippen LogP contribution in [0.15, 0.2) is 89.8 Å². The number of aromatic nitrogens is 2. The molecule has 0 saturated heterocycles. The van der Waals surface area contributed by atoms with E-state index in [1.165, 1.54) is 27.8 Å². The number of nitrogens with one attached hydrogen (secondary N) is 1. The molecule has 1 atom stereocenters. The van der Waals surface area contributed by atoms with Gasteiger partial charge in [-0.3, -0.25) is 14.4 Å². The van der Waals surface area contributed by atoms with Crippen molar-refractivity contribution < 1.29 is 17.9 Å². The van der Waals surface area contributed by atoms with Crippen molar-refractivity contribution in [1.29, 1.82) is 0 Å². The van der Waals surface area contributed by atoms with Gasteiger partial charge in [-0.25, -0.2) is 8.42 Å². The number of anilines is 2. The number of amides is 1. The van der Waals surface area contributed by atoms with Crippen LogP contribution >= 0.6 is 11.3 Å². The fourth-order valence-electron chi connectivity index (χ4n) is 3.44. The Balaban J connectivity index is 1.41. The Morgan fingerprint density at radius 1 is 0.939 bits per heavy atom. The second kappa shape index (κ2) is 8.64. The summed E-state index contributed by atoms with van der Waals surface area (Å²) in [5, 5.41) is 11.8. The molecule has 1 N–H and O–H groups in total. The predicted octanol–water partition coefficient (Wildman–Crippen LogP) is 3.80. The molecule has 0 radical (unpaired) electrons. The Morgan fingerprint density at radius 2 is 1.61 bits per heavy atom. The van der Waals surface area contributed by atoms with Gasteiger partial charge in [0.2, 0.25) is 5.13 Å². The van der Waals surface area contributed by atoms with E-state index in [9.17, 15) is 13.2 Å². The first kappa shape index (κ1) is 21.1. The summed E-state index contributed by atoms with van der Waals surface area (Å²) in [4.78, 5) is 13.1. The molecule has 166 valence electrons. The molecule has 1 aromatic heterocycles. The van der Waals surface area contributed by atoms with Crippen molar-refractivity contribution in [3.8, 4) is 16.3 Å². The molecule has 33 heavy (non-hydrogen) atoms. The molecule has 10 heteroatoms. The topological polar surface area (TPSA) is 101 Å². The van der Waals surface area contributed by atoms with Gasteiger partial charge in [-0.2, -0.15) is 0 Å². The van der Waals surface area contributed by atoms with Crippen LogP contribution in [0.4, 0.5) is 10.8 Å². The molecule has 0 spiro atoms. The van der Waals surface area contributed by atoms with Crippen molar-refractivity contribution in [2.75, 3.05) is 16.2 Å². The number of fused-ring (bicyclic) bond motifs is 1. The zero-order valence-corrected chi connectivity index (χ0v) is 18.8. The maximum atomic E-state index is 13.4. The van der Waals surface area contributed by atoms with E-state index in [1.807, 2.05) is 30.3 Å². The molecule has 0 aliphatic carbocycles. The molecule has 8 nitrogen and oxygen atoms in total. The number of nitrogens with zero attached hydrogens (tertiary/aromatic N) is 3. The minimum atomic E-state index is -3.90. The van der Waals surface area contributed by atoms with Gasteiger partial charge in [-0.15, -0.1) is 10.2 Å². The summed E-state index contributed by atoms with van der Waals surface area (Å²) in [5.74, 6) is -0.195. The predicted molar refractivity (Wildman–Crippen MR) is 126 cm³/mol. The van der Waals surface area contributed by atoms with E-state index in [2.05, 4.69) is 15.5 Å². The van der Waals surface area contributed by atoms with Crippen LogP contribution in [0.2, 0.25) is 0 Å². The largest absolute Gasteiger partial charge is 0.476 e. The van der Waals surface area contributed by atoms with Crippen molar-refractivity contribution in [2.24, 2.45) is 0 Å². The summed E-state index contributed by atoms with van der Waals surface area (Å²) >= 11 is 1.23. The molecule has 1 aliphatic heterocycles. The van der Waals surface area contributed by atoms with E-state index in [1.54, 1.807) is 42.5 Å². The molecule has 0 unspecified atom stereocenters. The van der Waals surface area contributed by atoms with Gasteiger partial charge in [-0.05, 0) is 24.3 Å². The summed E-state index contributed by atoms with van der Waals surface area (Å²) in [6.07, 6.45) is -1.07. The fourth-order valence-corrected chi connectivity index (χ4v) is 5.69. The molecule has 0 bridgehead atoms. The first-order chi connectivity index (χ1) is 16.0. The average molecular weight is 479 g/mol.